The highest BCUT2D eigenvalue weighted by Gasteiger charge is 2.29. The van der Waals surface area contributed by atoms with Crippen LogP contribution in [0.25, 0.3) is 0 Å². The second-order valence-corrected chi connectivity index (χ2v) is 3.93. The Labute approximate surface area is 95.4 Å². The van der Waals surface area contributed by atoms with Crippen LogP contribution in [0.15, 0.2) is 30.3 Å². The molecular weight excluding hydrogens is 202 g/mol. The maximum atomic E-state index is 11.9. The number of piperazine rings is 1. The van der Waals surface area contributed by atoms with Gasteiger partial charge in [-0.05, 0) is 5.56 Å². The zero-order valence-electron chi connectivity index (χ0n) is 9.23. The Balaban J connectivity index is 2.23. The molecule has 0 saturated carbocycles. The van der Waals surface area contributed by atoms with Crippen molar-refractivity contribution in [1.82, 2.24) is 10.2 Å². The van der Waals surface area contributed by atoms with E-state index < -0.39 is 0 Å². The van der Waals surface area contributed by atoms with Crippen LogP contribution in [0, 0.1) is 0 Å². The lowest BCUT2D eigenvalue weighted by Gasteiger charge is -2.34. The molecule has 4 nitrogen and oxygen atoms in total. The van der Waals surface area contributed by atoms with E-state index in [0.717, 1.165) is 18.7 Å². The van der Waals surface area contributed by atoms with Crippen molar-refractivity contribution >= 4 is 5.91 Å². The first-order valence-electron chi connectivity index (χ1n) is 5.59. The van der Waals surface area contributed by atoms with Crippen molar-refractivity contribution in [1.29, 1.82) is 0 Å². The van der Waals surface area contributed by atoms with Crippen molar-refractivity contribution in [3.05, 3.63) is 35.9 Å². The minimum Gasteiger partial charge on any atom is -0.353 e. The molecule has 1 amide bonds. The second kappa shape index (κ2) is 5.09. The van der Waals surface area contributed by atoms with E-state index in [1.807, 2.05) is 30.3 Å². The van der Waals surface area contributed by atoms with Gasteiger partial charge in [0.1, 0.15) is 6.04 Å². The fourth-order valence-corrected chi connectivity index (χ4v) is 2.12. The molecular formula is C12H17N3O. The lowest BCUT2D eigenvalue weighted by atomic mass is 10.0. The fraction of sp³-hybridized carbons (Fsp3) is 0.417. The number of hydrogen-bond acceptors (Lipinski definition) is 3. The van der Waals surface area contributed by atoms with Gasteiger partial charge in [-0.3, -0.25) is 9.69 Å². The zero-order chi connectivity index (χ0) is 11.4. The van der Waals surface area contributed by atoms with E-state index in [0.29, 0.717) is 13.1 Å². The Morgan fingerprint density at radius 3 is 2.81 bits per heavy atom. The maximum absolute atomic E-state index is 11.9. The number of benzene rings is 1. The summed E-state index contributed by atoms with van der Waals surface area (Å²) in [6.07, 6.45) is 0. The van der Waals surface area contributed by atoms with Gasteiger partial charge in [0.25, 0.3) is 0 Å². The summed E-state index contributed by atoms with van der Waals surface area (Å²) >= 11 is 0. The largest absolute Gasteiger partial charge is 0.353 e. The number of rotatable bonds is 3. The Bertz CT molecular complexity index is 351. The van der Waals surface area contributed by atoms with Crippen LogP contribution < -0.4 is 11.1 Å². The van der Waals surface area contributed by atoms with Crippen molar-refractivity contribution in [2.45, 2.75) is 6.04 Å². The molecule has 3 N–H and O–H groups in total. The standard InChI is InChI=1S/C12H17N3O/c13-6-8-15-9-7-14-12(16)11(15)10-4-2-1-3-5-10/h1-5,11H,6-9,13H2,(H,14,16). The van der Waals surface area contributed by atoms with Crippen LogP contribution in [-0.4, -0.2) is 37.0 Å². The predicted molar refractivity (Wildman–Crippen MR) is 62.8 cm³/mol. The molecule has 2 rings (SSSR count). The molecule has 86 valence electrons. The molecule has 1 aromatic rings. The number of carbonyl (C=O) groups excluding carboxylic acids is 1. The molecule has 0 spiro atoms. The number of nitrogens with one attached hydrogen (secondary N) is 1. The van der Waals surface area contributed by atoms with Crippen molar-refractivity contribution < 1.29 is 4.79 Å². The molecule has 1 atom stereocenters. The van der Waals surface area contributed by atoms with E-state index in [9.17, 15) is 4.79 Å². The maximum Gasteiger partial charge on any atom is 0.242 e. The minimum atomic E-state index is -0.182. The first kappa shape index (κ1) is 11.1. The van der Waals surface area contributed by atoms with Crippen LogP contribution in [0.5, 0.6) is 0 Å². The highest BCUT2D eigenvalue weighted by atomic mass is 16.2. The molecule has 1 fully saturated rings. The van der Waals surface area contributed by atoms with Gasteiger partial charge in [0.2, 0.25) is 5.91 Å². The molecule has 1 aliphatic rings. The van der Waals surface area contributed by atoms with E-state index in [1.54, 1.807) is 0 Å². The summed E-state index contributed by atoms with van der Waals surface area (Å²) in [7, 11) is 0. The van der Waals surface area contributed by atoms with E-state index in [4.69, 9.17) is 5.73 Å². The van der Waals surface area contributed by atoms with Gasteiger partial charge in [0, 0.05) is 26.2 Å². The summed E-state index contributed by atoms with van der Waals surface area (Å²) < 4.78 is 0. The van der Waals surface area contributed by atoms with Crippen LogP contribution in [0.4, 0.5) is 0 Å². The quantitative estimate of drug-likeness (QED) is 0.759. The third kappa shape index (κ3) is 2.23. The smallest absolute Gasteiger partial charge is 0.242 e. The number of hydrogen-bond donors (Lipinski definition) is 2. The average Bonchev–Trinajstić information content (AvgIpc) is 2.31. The van der Waals surface area contributed by atoms with Gasteiger partial charge in [-0.15, -0.1) is 0 Å². The molecule has 0 aliphatic carbocycles. The second-order valence-electron chi connectivity index (χ2n) is 3.93. The lowest BCUT2D eigenvalue weighted by Crippen LogP contribution is -2.51. The summed E-state index contributed by atoms with van der Waals surface area (Å²) in [5.74, 6) is 0.0749. The predicted octanol–water partition coefficient (Wildman–Crippen LogP) is 0.118. The van der Waals surface area contributed by atoms with Gasteiger partial charge in [-0.2, -0.15) is 0 Å². The Kier molecular flexibility index (Phi) is 3.54. The van der Waals surface area contributed by atoms with Crippen LogP contribution in [0.2, 0.25) is 0 Å². The van der Waals surface area contributed by atoms with Crippen molar-refractivity contribution in [2.24, 2.45) is 5.73 Å². The van der Waals surface area contributed by atoms with Crippen LogP contribution in [0.1, 0.15) is 11.6 Å². The third-order valence-corrected chi connectivity index (χ3v) is 2.84. The summed E-state index contributed by atoms with van der Waals surface area (Å²) in [6.45, 7) is 2.91. The normalized spacial score (nSPS) is 21.8. The summed E-state index contributed by atoms with van der Waals surface area (Å²) in [5, 5.41) is 2.90. The Morgan fingerprint density at radius 1 is 1.38 bits per heavy atom. The summed E-state index contributed by atoms with van der Waals surface area (Å²) in [6, 6.07) is 9.66. The minimum absolute atomic E-state index is 0.0749. The van der Waals surface area contributed by atoms with Crippen molar-refractivity contribution in [3.63, 3.8) is 0 Å². The molecule has 0 bridgehead atoms. The average molecular weight is 219 g/mol. The number of nitrogens with zero attached hydrogens (tertiary/aromatic N) is 1. The molecule has 1 saturated heterocycles. The van der Waals surface area contributed by atoms with Crippen LogP contribution in [-0.2, 0) is 4.79 Å². The topological polar surface area (TPSA) is 58.4 Å². The van der Waals surface area contributed by atoms with E-state index in [-0.39, 0.29) is 11.9 Å². The summed E-state index contributed by atoms with van der Waals surface area (Å²) in [4.78, 5) is 14.0. The van der Waals surface area contributed by atoms with Gasteiger partial charge in [0.15, 0.2) is 0 Å². The Morgan fingerprint density at radius 2 is 2.12 bits per heavy atom. The van der Waals surface area contributed by atoms with Gasteiger partial charge in [0.05, 0.1) is 0 Å². The van der Waals surface area contributed by atoms with E-state index in [1.165, 1.54) is 0 Å². The third-order valence-electron chi connectivity index (χ3n) is 2.84. The monoisotopic (exact) mass is 219 g/mol. The van der Waals surface area contributed by atoms with Gasteiger partial charge < -0.3 is 11.1 Å². The molecule has 4 heteroatoms. The highest BCUT2D eigenvalue weighted by Crippen LogP contribution is 2.22. The molecule has 1 heterocycles. The van der Waals surface area contributed by atoms with Crippen molar-refractivity contribution in [2.75, 3.05) is 26.2 Å². The molecule has 0 aromatic heterocycles. The number of carbonyl (C=O) groups is 1. The molecule has 0 radical (unpaired) electrons. The van der Waals surface area contributed by atoms with E-state index >= 15 is 0 Å². The van der Waals surface area contributed by atoms with Gasteiger partial charge >= 0.3 is 0 Å². The van der Waals surface area contributed by atoms with Gasteiger partial charge in [-0.1, -0.05) is 30.3 Å². The molecule has 1 aliphatic heterocycles. The zero-order valence-corrected chi connectivity index (χ0v) is 9.23. The van der Waals surface area contributed by atoms with Crippen LogP contribution >= 0.6 is 0 Å². The van der Waals surface area contributed by atoms with Crippen LogP contribution in [0.3, 0.4) is 0 Å². The summed E-state index contributed by atoms with van der Waals surface area (Å²) in [5.41, 5.74) is 6.61. The first-order chi connectivity index (χ1) is 7.83. The molecule has 16 heavy (non-hydrogen) atoms. The Hall–Kier alpha value is -1.39. The first-order valence-corrected chi connectivity index (χ1v) is 5.59. The fourth-order valence-electron chi connectivity index (χ4n) is 2.12. The highest BCUT2D eigenvalue weighted by molar-refractivity contribution is 5.83. The molecule has 1 unspecified atom stereocenters. The van der Waals surface area contributed by atoms with Crippen molar-refractivity contribution in [3.8, 4) is 0 Å². The SMILES string of the molecule is NCCN1CCNC(=O)C1c1ccccc1. The van der Waals surface area contributed by atoms with Gasteiger partial charge in [-0.25, -0.2) is 0 Å². The number of nitrogens with two attached hydrogens (primary N) is 1. The lowest BCUT2D eigenvalue weighted by molar-refractivity contribution is -0.129. The van der Waals surface area contributed by atoms with E-state index in [2.05, 4.69) is 10.2 Å². The molecule has 1 aromatic carbocycles. The number of amides is 1.